The monoisotopic (exact) mass is 252 g/mol. The zero-order chi connectivity index (χ0) is 12.5. The van der Waals surface area contributed by atoms with E-state index in [0.717, 1.165) is 11.1 Å². The molecule has 3 nitrogen and oxygen atoms in total. The average Bonchev–Trinajstić information content (AvgIpc) is 2.15. The first kappa shape index (κ1) is 12.8. The van der Waals surface area contributed by atoms with Gasteiger partial charge in [-0.3, -0.25) is 4.79 Å². The van der Waals surface area contributed by atoms with Crippen LogP contribution >= 0.6 is 11.6 Å². The molecule has 0 aliphatic rings. The third-order valence-corrected chi connectivity index (χ3v) is 2.02. The summed E-state index contributed by atoms with van der Waals surface area (Å²) in [5.41, 5.74) is -1.59. The summed E-state index contributed by atoms with van der Waals surface area (Å²) in [6, 6.07) is 0.637. The van der Waals surface area contributed by atoms with E-state index in [1.807, 2.05) is 0 Å². The minimum Gasteiger partial charge on any atom is -0.345 e. The molecule has 1 rings (SSSR count). The van der Waals surface area contributed by atoms with Crippen LogP contribution in [0.5, 0.6) is 0 Å². The van der Waals surface area contributed by atoms with Gasteiger partial charge in [0, 0.05) is 20.3 Å². The van der Waals surface area contributed by atoms with E-state index >= 15 is 0 Å². The van der Waals surface area contributed by atoms with Crippen molar-refractivity contribution in [2.24, 2.45) is 0 Å². The molecule has 0 aliphatic heterocycles. The van der Waals surface area contributed by atoms with E-state index in [1.165, 1.54) is 14.1 Å². The highest BCUT2D eigenvalue weighted by molar-refractivity contribution is 6.29. The number of amides is 1. The zero-order valence-corrected chi connectivity index (χ0v) is 9.23. The highest BCUT2D eigenvalue weighted by Gasteiger charge is 2.36. The van der Waals surface area contributed by atoms with Crippen molar-refractivity contribution in [1.82, 2.24) is 9.88 Å². The van der Waals surface area contributed by atoms with Gasteiger partial charge in [-0.05, 0) is 6.07 Å². The predicted molar refractivity (Wildman–Crippen MR) is 52.3 cm³/mol. The number of nitrogens with zero attached hydrogens (tertiary/aromatic N) is 2. The standard InChI is InChI=1S/C9H8ClF3N2O/c1-15(2)8(16)5-4-14-7(10)3-6(5)9(11,12)13/h3-4H,1-2H3. The van der Waals surface area contributed by atoms with E-state index in [0.29, 0.717) is 6.07 Å². The summed E-state index contributed by atoms with van der Waals surface area (Å²) < 4.78 is 37.8. The minimum absolute atomic E-state index is 0.303. The molecule has 1 aromatic heterocycles. The van der Waals surface area contributed by atoms with Gasteiger partial charge < -0.3 is 4.90 Å². The Morgan fingerprint density at radius 1 is 1.44 bits per heavy atom. The Kier molecular flexibility index (Phi) is 3.42. The molecule has 7 heteroatoms. The molecule has 0 atom stereocenters. The van der Waals surface area contributed by atoms with Crippen LogP contribution in [0.3, 0.4) is 0 Å². The second-order valence-corrected chi connectivity index (χ2v) is 3.64. The van der Waals surface area contributed by atoms with Crippen LogP contribution in [0.15, 0.2) is 12.3 Å². The van der Waals surface area contributed by atoms with Crippen molar-refractivity contribution < 1.29 is 18.0 Å². The maximum absolute atomic E-state index is 12.6. The molecule has 1 amide bonds. The Bertz CT molecular complexity index is 418. The van der Waals surface area contributed by atoms with Crippen molar-refractivity contribution in [2.45, 2.75) is 6.18 Å². The van der Waals surface area contributed by atoms with Gasteiger partial charge in [-0.1, -0.05) is 11.6 Å². The Hall–Kier alpha value is -1.30. The molecule has 0 fully saturated rings. The molecule has 1 heterocycles. The number of hydrogen-bond donors (Lipinski definition) is 0. The molecule has 0 N–H and O–H groups in total. The first-order valence-electron chi connectivity index (χ1n) is 4.18. The normalized spacial score (nSPS) is 11.4. The predicted octanol–water partition coefficient (Wildman–Crippen LogP) is 2.46. The molecule has 0 spiro atoms. The third kappa shape index (κ3) is 2.63. The quantitative estimate of drug-likeness (QED) is 0.720. The number of alkyl halides is 3. The summed E-state index contributed by atoms with van der Waals surface area (Å²) in [6.07, 6.45) is -3.80. The largest absolute Gasteiger partial charge is 0.417 e. The lowest BCUT2D eigenvalue weighted by molar-refractivity contribution is -0.138. The zero-order valence-electron chi connectivity index (χ0n) is 8.47. The molecule has 0 saturated heterocycles. The molecule has 88 valence electrons. The van der Waals surface area contributed by atoms with Crippen LogP contribution in [-0.4, -0.2) is 29.9 Å². The van der Waals surface area contributed by atoms with Gasteiger partial charge in [0.1, 0.15) is 5.15 Å². The molecule has 0 unspecified atom stereocenters. The van der Waals surface area contributed by atoms with E-state index in [-0.39, 0.29) is 5.15 Å². The third-order valence-electron chi connectivity index (χ3n) is 1.81. The maximum Gasteiger partial charge on any atom is 0.417 e. The summed E-state index contributed by atoms with van der Waals surface area (Å²) in [5, 5.41) is -0.303. The van der Waals surface area contributed by atoms with Crippen molar-refractivity contribution in [2.75, 3.05) is 14.1 Å². The second-order valence-electron chi connectivity index (χ2n) is 3.25. The molecule has 0 saturated carbocycles. The number of carbonyl (C=O) groups is 1. The summed E-state index contributed by atoms with van der Waals surface area (Å²) in [5.74, 6) is -0.767. The highest BCUT2D eigenvalue weighted by Crippen LogP contribution is 2.33. The van der Waals surface area contributed by atoms with Gasteiger partial charge in [0.25, 0.3) is 5.91 Å². The van der Waals surface area contributed by atoms with Crippen LogP contribution in [0.1, 0.15) is 15.9 Å². The first-order valence-corrected chi connectivity index (χ1v) is 4.55. The van der Waals surface area contributed by atoms with Crippen molar-refractivity contribution in [3.8, 4) is 0 Å². The smallest absolute Gasteiger partial charge is 0.345 e. The van der Waals surface area contributed by atoms with Gasteiger partial charge in [0.15, 0.2) is 0 Å². The molecule has 1 aromatic rings. The van der Waals surface area contributed by atoms with Crippen molar-refractivity contribution in [3.63, 3.8) is 0 Å². The molecule has 0 aromatic carbocycles. The van der Waals surface area contributed by atoms with E-state index in [4.69, 9.17) is 11.6 Å². The summed E-state index contributed by atoms with van der Waals surface area (Å²) in [7, 11) is 2.72. The number of pyridine rings is 1. The summed E-state index contributed by atoms with van der Waals surface area (Å²) in [6.45, 7) is 0. The van der Waals surface area contributed by atoms with Gasteiger partial charge >= 0.3 is 6.18 Å². The highest BCUT2D eigenvalue weighted by atomic mass is 35.5. The SMILES string of the molecule is CN(C)C(=O)c1cnc(Cl)cc1C(F)(F)F. The summed E-state index contributed by atoms with van der Waals surface area (Å²) in [4.78, 5) is 16.0. The minimum atomic E-state index is -4.63. The van der Waals surface area contributed by atoms with Crippen LogP contribution in [0.25, 0.3) is 0 Å². The van der Waals surface area contributed by atoms with Crippen LogP contribution in [0, 0.1) is 0 Å². The number of hydrogen-bond acceptors (Lipinski definition) is 2. The van der Waals surface area contributed by atoms with Gasteiger partial charge in [0.05, 0.1) is 11.1 Å². The number of carbonyl (C=O) groups excluding carboxylic acids is 1. The van der Waals surface area contributed by atoms with E-state index < -0.39 is 23.2 Å². The van der Waals surface area contributed by atoms with Crippen LogP contribution in [-0.2, 0) is 6.18 Å². The number of rotatable bonds is 1. The first-order chi connectivity index (χ1) is 7.23. The van der Waals surface area contributed by atoms with E-state index in [1.54, 1.807) is 0 Å². The van der Waals surface area contributed by atoms with Crippen molar-refractivity contribution >= 4 is 17.5 Å². The van der Waals surface area contributed by atoms with Gasteiger partial charge in [-0.25, -0.2) is 4.98 Å². The Balaban J connectivity index is 3.34. The second kappa shape index (κ2) is 4.29. The Labute approximate surface area is 94.8 Å². The van der Waals surface area contributed by atoms with Crippen LogP contribution in [0.2, 0.25) is 5.15 Å². The van der Waals surface area contributed by atoms with Crippen LogP contribution in [0.4, 0.5) is 13.2 Å². The molecular formula is C9H8ClF3N2O. The van der Waals surface area contributed by atoms with Crippen LogP contribution < -0.4 is 0 Å². The fourth-order valence-corrected chi connectivity index (χ4v) is 1.23. The average molecular weight is 253 g/mol. The number of halogens is 4. The van der Waals surface area contributed by atoms with Crippen molar-refractivity contribution in [3.05, 3.63) is 28.5 Å². The summed E-state index contributed by atoms with van der Waals surface area (Å²) >= 11 is 5.37. The molecule has 0 radical (unpaired) electrons. The lowest BCUT2D eigenvalue weighted by Crippen LogP contribution is -2.25. The van der Waals surface area contributed by atoms with E-state index in [9.17, 15) is 18.0 Å². The topological polar surface area (TPSA) is 33.2 Å². The van der Waals surface area contributed by atoms with Crippen molar-refractivity contribution in [1.29, 1.82) is 0 Å². The fourth-order valence-electron chi connectivity index (χ4n) is 1.08. The maximum atomic E-state index is 12.6. The van der Waals surface area contributed by atoms with E-state index in [2.05, 4.69) is 4.98 Å². The number of aromatic nitrogens is 1. The molecule has 16 heavy (non-hydrogen) atoms. The Morgan fingerprint density at radius 2 is 2.00 bits per heavy atom. The molecular weight excluding hydrogens is 245 g/mol. The lowest BCUT2D eigenvalue weighted by atomic mass is 10.1. The Morgan fingerprint density at radius 3 is 2.44 bits per heavy atom. The van der Waals surface area contributed by atoms with Gasteiger partial charge in [0.2, 0.25) is 0 Å². The molecule has 0 bridgehead atoms. The van der Waals surface area contributed by atoms with Gasteiger partial charge in [-0.2, -0.15) is 13.2 Å². The van der Waals surface area contributed by atoms with Gasteiger partial charge in [-0.15, -0.1) is 0 Å². The fraction of sp³-hybridized carbons (Fsp3) is 0.333. The molecule has 0 aliphatic carbocycles. The lowest BCUT2D eigenvalue weighted by Gasteiger charge is -2.15.